The summed E-state index contributed by atoms with van der Waals surface area (Å²) in [6, 6.07) is 9.24. The number of unbranched alkanes of at least 4 members (excludes halogenated alkanes) is 1. The Bertz CT molecular complexity index is 395. The third kappa shape index (κ3) is 3.13. The third-order valence-corrected chi connectivity index (χ3v) is 2.15. The zero-order chi connectivity index (χ0) is 12.0. The fourth-order valence-electron chi connectivity index (χ4n) is 1.30. The van der Waals surface area contributed by atoms with Gasteiger partial charge < -0.3 is 0 Å². The highest BCUT2D eigenvalue weighted by Crippen LogP contribution is 2.25. The molecule has 0 aliphatic carbocycles. The van der Waals surface area contributed by atoms with Crippen molar-refractivity contribution < 1.29 is 13.6 Å². The minimum Gasteiger partial charge on any atom is -0.287 e. The Labute approximate surface area is 92.5 Å². The van der Waals surface area contributed by atoms with Crippen LogP contribution in [-0.2, 0) is 0 Å². The molecule has 0 heterocycles. The molecule has 1 rings (SSSR count). The van der Waals surface area contributed by atoms with Gasteiger partial charge in [0.2, 0.25) is 5.78 Å². The number of carbonyl (C=O) groups is 1. The molecular weight excluding hydrogens is 212 g/mol. The van der Waals surface area contributed by atoms with Gasteiger partial charge in [-0.25, -0.2) is 0 Å². The van der Waals surface area contributed by atoms with Crippen LogP contribution in [0.5, 0.6) is 0 Å². The van der Waals surface area contributed by atoms with Crippen molar-refractivity contribution in [2.24, 2.45) is 0 Å². The number of carbonyl (C=O) groups excluding carboxylic acids is 1. The largest absolute Gasteiger partial charge is 0.309 e. The first-order valence-corrected chi connectivity index (χ1v) is 4.92. The molecule has 1 aromatic rings. The van der Waals surface area contributed by atoms with E-state index in [1.807, 2.05) is 0 Å². The van der Waals surface area contributed by atoms with E-state index in [0.717, 1.165) is 0 Å². The Balaban J connectivity index is 2.69. The predicted octanol–water partition coefficient (Wildman–Crippen LogP) is 3.20. The van der Waals surface area contributed by atoms with E-state index >= 15 is 0 Å². The number of alkyl halides is 2. The van der Waals surface area contributed by atoms with E-state index in [-0.39, 0.29) is 18.4 Å². The number of hydrogen-bond donors (Lipinski definition) is 0. The van der Waals surface area contributed by atoms with Crippen LogP contribution in [0.25, 0.3) is 0 Å². The predicted molar refractivity (Wildman–Crippen MR) is 55.2 cm³/mol. The number of ketones is 1. The molecule has 1 aromatic carbocycles. The van der Waals surface area contributed by atoms with E-state index in [4.69, 9.17) is 5.26 Å². The Hall–Kier alpha value is -1.76. The lowest BCUT2D eigenvalue weighted by atomic mass is 10.0. The molecule has 0 aliphatic rings. The van der Waals surface area contributed by atoms with Crippen LogP contribution < -0.4 is 0 Å². The summed E-state index contributed by atoms with van der Waals surface area (Å²) >= 11 is 0. The number of nitriles is 1. The fraction of sp³-hybridized carbons (Fsp3) is 0.333. The summed E-state index contributed by atoms with van der Waals surface area (Å²) in [5, 5.41) is 8.24. The molecular formula is C12H11F2NO. The Kier molecular flexibility index (Phi) is 4.12. The quantitative estimate of drug-likeness (QED) is 0.568. The summed E-state index contributed by atoms with van der Waals surface area (Å²) in [6.07, 6.45) is -0.506. The summed E-state index contributed by atoms with van der Waals surface area (Å²) in [4.78, 5) is 11.4. The summed E-state index contributed by atoms with van der Waals surface area (Å²) in [5.74, 6) is -4.55. The summed E-state index contributed by atoms with van der Waals surface area (Å²) in [6.45, 7) is 0. The van der Waals surface area contributed by atoms with Crippen LogP contribution >= 0.6 is 0 Å². The van der Waals surface area contributed by atoms with Gasteiger partial charge in [0.25, 0.3) is 0 Å². The molecule has 0 aliphatic heterocycles. The zero-order valence-corrected chi connectivity index (χ0v) is 8.62. The molecule has 84 valence electrons. The fourth-order valence-corrected chi connectivity index (χ4v) is 1.30. The van der Waals surface area contributed by atoms with Gasteiger partial charge in [-0.15, -0.1) is 0 Å². The number of Topliss-reactive ketones (excluding diaryl/α,β-unsaturated/α-hetero) is 1. The molecule has 16 heavy (non-hydrogen) atoms. The van der Waals surface area contributed by atoms with Gasteiger partial charge in [-0.2, -0.15) is 14.0 Å². The number of benzene rings is 1. The van der Waals surface area contributed by atoms with E-state index in [0.29, 0.717) is 0 Å². The number of hydrogen-bond acceptors (Lipinski definition) is 2. The highest BCUT2D eigenvalue weighted by Gasteiger charge is 2.38. The molecule has 0 atom stereocenters. The van der Waals surface area contributed by atoms with E-state index in [1.165, 1.54) is 12.1 Å². The van der Waals surface area contributed by atoms with Crippen molar-refractivity contribution in [3.05, 3.63) is 35.9 Å². The van der Waals surface area contributed by atoms with Gasteiger partial charge in [0.05, 0.1) is 6.07 Å². The molecule has 0 aromatic heterocycles. The second kappa shape index (κ2) is 5.36. The van der Waals surface area contributed by atoms with Crippen molar-refractivity contribution in [1.29, 1.82) is 5.26 Å². The van der Waals surface area contributed by atoms with Crippen LogP contribution in [0.1, 0.15) is 29.6 Å². The molecule has 0 radical (unpaired) electrons. The Morgan fingerprint density at radius 1 is 1.31 bits per heavy atom. The smallest absolute Gasteiger partial charge is 0.287 e. The van der Waals surface area contributed by atoms with Gasteiger partial charge in [-0.3, -0.25) is 4.79 Å². The highest BCUT2D eigenvalue weighted by molar-refractivity contribution is 6.01. The maximum Gasteiger partial charge on any atom is 0.309 e. The van der Waals surface area contributed by atoms with Crippen LogP contribution in [0.3, 0.4) is 0 Å². The molecule has 2 nitrogen and oxygen atoms in total. The topological polar surface area (TPSA) is 40.9 Å². The maximum absolute atomic E-state index is 13.4. The van der Waals surface area contributed by atoms with Crippen LogP contribution in [-0.4, -0.2) is 11.7 Å². The van der Waals surface area contributed by atoms with E-state index < -0.39 is 18.1 Å². The van der Waals surface area contributed by atoms with Crippen molar-refractivity contribution in [3.63, 3.8) is 0 Å². The van der Waals surface area contributed by atoms with Gasteiger partial charge in [0.1, 0.15) is 0 Å². The Morgan fingerprint density at radius 3 is 2.50 bits per heavy atom. The van der Waals surface area contributed by atoms with Crippen molar-refractivity contribution in [2.75, 3.05) is 0 Å². The standard InChI is InChI=1S/C12H11F2NO/c13-12(14,8-4-5-9-15)11(16)10-6-2-1-3-7-10/h1-3,6-7H,4-5,8H2. The SMILES string of the molecule is N#CCCCC(F)(F)C(=O)c1ccccc1. The Morgan fingerprint density at radius 2 is 1.94 bits per heavy atom. The van der Waals surface area contributed by atoms with Gasteiger partial charge in [0.15, 0.2) is 0 Å². The first kappa shape index (κ1) is 12.3. The van der Waals surface area contributed by atoms with Crippen molar-refractivity contribution in [1.82, 2.24) is 0 Å². The first-order chi connectivity index (χ1) is 7.58. The average molecular weight is 223 g/mol. The van der Waals surface area contributed by atoms with Gasteiger partial charge in [0, 0.05) is 18.4 Å². The zero-order valence-electron chi connectivity index (χ0n) is 8.62. The minimum atomic E-state index is -3.38. The molecule has 0 spiro atoms. The minimum absolute atomic E-state index is 0.00413. The molecule has 0 unspecified atom stereocenters. The molecule has 0 saturated carbocycles. The highest BCUT2D eigenvalue weighted by atomic mass is 19.3. The normalized spacial score (nSPS) is 10.8. The molecule has 4 heteroatoms. The molecule has 0 fully saturated rings. The van der Waals surface area contributed by atoms with Crippen LogP contribution in [0, 0.1) is 11.3 Å². The number of halogens is 2. The lowest BCUT2D eigenvalue weighted by Crippen LogP contribution is -2.28. The molecule has 0 amide bonds. The molecule has 0 saturated heterocycles. The summed E-state index contributed by atoms with van der Waals surface area (Å²) in [7, 11) is 0. The summed E-state index contributed by atoms with van der Waals surface area (Å²) < 4.78 is 26.7. The number of nitrogens with zero attached hydrogens (tertiary/aromatic N) is 1. The summed E-state index contributed by atoms with van der Waals surface area (Å²) in [5.41, 5.74) is 0.00413. The van der Waals surface area contributed by atoms with Gasteiger partial charge in [-0.05, 0) is 6.42 Å². The van der Waals surface area contributed by atoms with Crippen LogP contribution in [0.2, 0.25) is 0 Å². The average Bonchev–Trinajstić information content (AvgIpc) is 2.29. The van der Waals surface area contributed by atoms with Gasteiger partial charge in [-0.1, -0.05) is 30.3 Å². The first-order valence-electron chi connectivity index (χ1n) is 4.92. The third-order valence-electron chi connectivity index (χ3n) is 2.15. The number of rotatable bonds is 5. The lowest BCUT2D eigenvalue weighted by molar-refractivity contribution is 0.00398. The second-order valence-electron chi connectivity index (χ2n) is 3.41. The van der Waals surface area contributed by atoms with E-state index in [2.05, 4.69) is 0 Å². The molecule has 0 N–H and O–H groups in total. The molecule has 0 bridgehead atoms. The van der Waals surface area contributed by atoms with Crippen molar-refractivity contribution in [2.45, 2.75) is 25.2 Å². The van der Waals surface area contributed by atoms with E-state index in [9.17, 15) is 13.6 Å². The van der Waals surface area contributed by atoms with Crippen LogP contribution in [0.4, 0.5) is 8.78 Å². The van der Waals surface area contributed by atoms with Gasteiger partial charge >= 0.3 is 5.92 Å². The van der Waals surface area contributed by atoms with Crippen molar-refractivity contribution >= 4 is 5.78 Å². The van der Waals surface area contributed by atoms with Crippen LogP contribution in [0.15, 0.2) is 30.3 Å². The lowest BCUT2D eigenvalue weighted by Gasteiger charge is -2.13. The maximum atomic E-state index is 13.4. The monoisotopic (exact) mass is 223 g/mol. The van der Waals surface area contributed by atoms with Crippen molar-refractivity contribution in [3.8, 4) is 6.07 Å². The van der Waals surface area contributed by atoms with E-state index in [1.54, 1.807) is 24.3 Å². The second-order valence-corrected chi connectivity index (χ2v) is 3.41.